The van der Waals surface area contributed by atoms with E-state index in [0.717, 1.165) is 36.3 Å². The normalized spacial score (nSPS) is 19.3. The molecule has 7 heteroatoms. The highest BCUT2D eigenvalue weighted by atomic mass is 16.2. The van der Waals surface area contributed by atoms with Gasteiger partial charge in [-0.05, 0) is 48.2 Å². The average molecular weight is 406 g/mol. The van der Waals surface area contributed by atoms with Crippen molar-refractivity contribution in [3.63, 3.8) is 0 Å². The van der Waals surface area contributed by atoms with Gasteiger partial charge in [-0.1, -0.05) is 18.2 Å². The molecule has 2 aromatic carbocycles. The van der Waals surface area contributed by atoms with Gasteiger partial charge in [0.25, 0.3) is 5.91 Å². The van der Waals surface area contributed by atoms with Gasteiger partial charge < -0.3 is 25.8 Å². The van der Waals surface area contributed by atoms with Gasteiger partial charge in [0.2, 0.25) is 5.91 Å². The van der Waals surface area contributed by atoms with Crippen molar-refractivity contribution < 1.29 is 9.59 Å². The van der Waals surface area contributed by atoms with Crippen molar-refractivity contribution in [1.29, 1.82) is 0 Å². The number of piperazine rings is 1. The van der Waals surface area contributed by atoms with Crippen LogP contribution in [0.4, 0.5) is 11.4 Å². The number of hydrogen-bond acceptors (Lipinski definition) is 5. The quantitative estimate of drug-likeness (QED) is 0.816. The molecule has 0 bridgehead atoms. The van der Waals surface area contributed by atoms with Crippen molar-refractivity contribution in [3.05, 3.63) is 48.0 Å². The Morgan fingerprint density at radius 1 is 0.933 bits per heavy atom. The molecular formula is C23H27N5O2. The first kappa shape index (κ1) is 18.9. The molecule has 156 valence electrons. The second kappa shape index (κ2) is 7.02. The average Bonchev–Trinajstić information content (AvgIpc) is 3.44. The largest absolute Gasteiger partial charge is 0.366 e. The van der Waals surface area contributed by atoms with Gasteiger partial charge in [0, 0.05) is 38.8 Å². The SMILES string of the molecule is CN1CNc2cc(-c3ccc(C(=O)N4CCN(C(=O)C5(N)CC5)CC4)cc3)ccc21. The van der Waals surface area contributed by atoms with Crippen LogP contribution in [0.5, 0.6) is 0 Å². The van der Waals surface area contributed by atoms with Gasteiger partial charge in [0.15, 0.2) is 0 Å². The smallest absolute Gasteiger partial charge is 0.253 e. The van der Waals surface area contributed by atoms with Gasteiger partial charge in [-0.25, -0.2) is 0 Å². The van der Waals surface area contributed by atoms with E-state index in [-0.39, 0.29) is 11.8 Å². The molecule has 0 aromatic heterocycles. The van der Waals surface area contributed by atoms with Crippen LogP contribution in [0.25, 0.3) is 11.1 Å². The second-order valence-electron chi connectivity index (χ2n) is 8.58. The lowest BCUT2D eigenvalue weighted by Gasteiger charge is -2.36. The third kappa shape index (κ3) is 3.29. The van der Waals surface area contributed by atoms with Gasteiger partial charge in [0.05, 0.1) is 23.6 Å². The highest BCUT2D eigenvalue weighted by Crippen LogP contribution is 2.35. The van der Waals surface area contributed by atoms with Crippen molar-refractivity contribution in [2.24, 2.45) is 5.73 Å². The van der Waals surface area contributed by atoms with Gasteiger partial charge in [-0.15, -0.1) is 0 Å². The minimum absolute atomic E-state index is 0.0137. The van der Waals surface area contributed by atoms with Gasteiger partial charge in [-0.3, -0.25) is 9.59 Å². The van der Waals surface area contributed by atoms with E-state index in [2.05, 4.69) is 35.5 Å². The predicted octanol–water partition coefficient (Wildman–Crippen LogP) is 1.95. The number of fused-ring (bicyclic) bond motifs is 1. The summed E-state index contributed by atoms with van der Waals surface area (Å²) in [5.41, 5.74) is 10.6. The van der Waals surface area contributed by atoms with Crippen molar-refractivity contribution in [2.75, 3.05) is 50.1 Å². The summed E-state index contributed by atoms with van der Waals surface area (Å²) in [5, 5.41) is 3.39. The molecule has 30 heavy (non-hydrogen) atoms. The molecule has 7 nitrogen and oxygen atoms in total. The fourth-order valence-electron chi connectivity index (χ4n) is 4.24. The van der Waals surface area contributed by atoms with Crippen LogP contribution in [0.15, 0.2) is 42.5 Å². The molecule has 5 rings (SSSR count). The zero-order valence-corrected chi connectivity index (χ0v) is 17.2. The van der Waals surface area contributed by atoms with E-state index in [9.17, 15) is 9.59 Å². The number of nitrogens with two attached hydrogens (primary N) is 1. The molecule has 0 unspecified atom stereocenters. The van der Waals surface area contributed by atoms with Crippen LogP contribution in [0.1, 0.15) is 23.2 Å². The second-order valence-corrected chi connectivity index (χ2v) is 8.58. The summed E-state index contributed by atoms with van der Waals surface area (Å²) in [6, 6.07) is 14.2. The lowest BCUT2D eigenvalue weighted by molar-refractivity contribution is -0.135. The molecule has 2 aliphatic heterocycles. The van der Waals surface area contributed by atoms with E-state index in [1.54, 1.807) is 4.90 Å². The minimum Gasteiger partial charge on any atom is -0.366 e. The third-order valence-electron chi connectivity index (χ3n) is 6.45. The molecular weight excluding hydrogens is 378 g/mol. The van der Waals surface area contributed by atoms with Crippen molar-refractivity contribution >= 4 is 23.2 Å². The Morgan fingerprint density at radius 3 is 2.23 bits per heavy atom. The first-order valence-corrected chi connectivity index (χ1v) is 10.5. The maximum atomic E-state index is 12.9. The molecule has 0 spiro atoms. The molecule has 1 saturated heterocycles. The number of anilines is 2. The number of nitrogens with one attached hydrogen (secondary N) is 1. The Balaban J connectivity index is 1.24. The summed E-state index contributed by atoms with van der Waals surface area (Å²) in [4.78, 5) is 31.1. The molecule has 2 fully saturated rings. The number of hydrogen-bond donors (Lipinski definition) is 2. The summed E-state index contributed by atoms with van der Waals surface area (Å²) >= 11 is 0. The molecule has 2 aromatic rings. The van der Waals surface area contributed by atoms with Crippen molar-refractivity contribution in [1.82, 2.24) is 9.80 Å². The van der Waals surface area contributed by atoms with Crippen LogP contribution in [-0.4, -0.2) is 67.0 Å². The van der Waals surface area contributed by atoms with Crippen LogP contribution in [0.3, 0.4) is 0 Å². The van der Waals surface area contributed by atoms with Crippen molar-refractivity contribution in [2.45, 2.75) is 18.4 Å². The fraction of sp³-hybridized carbons (Fsp3) is 0.391. The fourth-order valence-corrected chi connectivity index (χ4v) is 4.24. The first-order chi connectivity index (χ1) is 14.4. The summed E-state index contributed by atoms with van der Waals surface area (Å²) in [6.45, 7) is 3.02. The number of carbonyl (C=O) groups excluding carboxylic acids is 2. The summed E-state index contributed by atoms with van der Waals surface area (Å²) in [5.74, 6) is 0.0498. The number of benzene rings is 2. The third-order valence-corrected chi connectivity index (χ3v) is 6.45. The van der Waals surface area contributed by atoms with Crippen LogP contribution in [-0.2, 0) is 4.79 Å². The lowest BCUT2D eigenvalue weighted by atomic mass is 10.0. The predicted molar refractivity (Wildman–Crippen MR) is 117 cm³/mol. The topological polar surface area (TPSA) is 81.9 Å². The maximum absolute atomic E-state index is 12.9. The molecule has 0 atom stereocenters. The van der Waals surface area contributed by atoms with E-state index in [1.165, 1.54) is 5.69 Å². The Kier molecular flexibility index (Phi) is 4.43. The highest BCUT2D eigenvalue weighted by Gasteiger charge is 2.48. The van der Waals surface area contributed by atoms with Crippen LogP contribution in [0, 0.1) is 0 Å². The standard InChI is InChI=1S/C23H27N5O2/c1-26-15-25-19-14-18(6-7-20(19)26)16-2-4-17(5-3-16)21(29)27-10-12-28(13-11-27)22(30)23(24)8-9-23/h2-7,14,25H,8-13,15,24H2,1H3. The lowest BCUT2D eigenvalue weighted by Crippen LogP contribution is -2.55. The molecule has 3 aliphatic rings. The number of nitrogens with zero attached hydrogens (tertiary/aromatic N) is 3. The molecule has 1 aliphatic carbocycles. The number of amides is 2. The Bertz CT molecular complexity index is 991. The summed E-state index contributed by atoms with van der Waals surface area (Å²) < 4.78 is 0. The maximum Gasteiger partial charge on any atom is 0.253 e. The molecule has 3 N–H and O–H groups in total. The Hall–Kier alpha value is -3.06. The molecule has 0 radical (unpaired) electrons. The van der Waals surface area contributed by atoms with Gasteiger partial charge >= 0.3 is 0 Å². The number of rotatable bonds is 3. The van der Waals surface area contributed by atoms with E-state index in [1.807, 2.05) is 29.2 Å². The van der Waals surface area contributed by atoms with Crippen molar-refractivity contribution in [3.8, 4) is 11.1 Å². The Morgan fingerprint density at radius 2 is 1.57 bits per heavy atom. The zero-order valence-electron chi connectivity index (χ0n) is 17.2. The van der Waals surface area contributed by atoms with Crippen LogP contribution in [0.2, 0.25) is 0 Å². The Labute approximate surface area is 176 Å². The minimum atomic E-state index is -0.634. The molecule has 2 heterocycles. The molecule has 2 amide bonds. The van der Waals surface area contributed by atoms with Gasteiger partial charge in [0.1, 0.15) is 0 Å². The zero-order chi connectivity index (χ0) is 20.9. The highest BCUT2D eigenvalue weighted by molar-refractivity contribution is 5.95. The van der Waals surface area contributed by atoms with Crippen LogP contribution >= 0.6 is 0 Å². The van der Waals surface area contributed by atoms with Crippen LogP contribution < -0.4 is 16.0 Å². The van der Waals surface area contributed by atoms with E-state index in [4.69, 9.17) is 5.73 Å². The van der Waals surface area contributed by atoms with E-state index < -0.39 is 5.54 Å². The van der Waals surface area contributed by atoms with E-state index in [0.29, 0.717) is 31.7 Å². The first-order valence-electron chi connectivity index (χ1n) is 10.5. The summed E-state index contributed by atoms with van der Waals surface area (Å²) in [6.07, 6.45) is 1.54. The molecule has 1 saturated carbocycles. The van der Waals surface area contributed by atoms with E-state index >= 15 is 0 Å². The summed E-state index contributed by atoms with van der Waals surface area (Å²) in [7, 11) is 2.06. The van der Waals surface area contributed by atoms with Gasteiger partial charge in [-0.2, -0.15) is 0 Å². The number of carbonyl (C=O) groups is 2. The monoisotopic (exact) mass is 405 g/mol.